The molecule has 1 amide bonds. The van der Waals surface area contributed by atoms with Crippen LogP contribution >= 0.6 is 15.9 Å². The van der Waals surface area contributed by atoms with Crippen molar-refractivity contribution in [2.75, 3.05) is 5.32 Å². The molecule has 0 fully saturated rings. The van der Waals surface area contributed by atoms with E-state index in [-0.39, 0.29) is 23.7 Å². The number of hydrogen-bond acceptors (Lipinski definition) is 4. The molecule has 0 aliphatic heterocycles. The molecular formula is C20H18BrN5O2. The molecular weight excluding hydrogens is 422 g/mol. The van der Waals surface area contributed by atoms with Crippen molar-refractivity contribution in [3.05, 3.63) is 68.7 Å². The first-order chi connectivity index (χ1) is 13.5. The van der Waals surface area contributed by atoms with E-state index in [1.165, 1.54) is 4.57 Å². The van der Waals surface area contributed by atoms with Gasteiger partial charge in [-0.3, -0.25) is 18.6 Å². The van der Waals surface area contributed by atoms with Crippen molar-refractivity contribution in [2.24, 2.45) is 0 Å². The van der Waals surface area contributed by atoms with Crippen LogP contribution in [0.2, 0.25) is 0 Å². The molecule has 0 unspecified atom stereocenters. The van der Waals surface area contributed by atoms with Gasteiger partial charge in [-0.15, -0.1) is 10.2 Å². The zero-order chi connectivity index (χ0) is 19.8. The Balaban J connectivity index is 1.79. The van der Waals surface area contributed by atoms with Gasteiger partial charge >= 0.3 is 0 Å². The topological polar surface area (TPSA) is 81.3 Å². The van der Waals surface area contributed by atoms with Gasteiger partial charge in [0.05, 0.1) is 16.7 Å². The SMILES string of the molecule is CCc1nnc2c(=O)n(CC(=O)Nc3ccc(C)cc3Br)c3ccccc3n12. The van der Waals surface area contributed by atoms with Crippen molar-refractivity contribution < 1.29 is 4.79 Å². The Morgan fingerprint density at radius 1 is 1.14 bits per heavy atom. The van der Waals surface area contributed by atoms with Gasteiger partial charge in [0.1, 0.15) is 12.4 Å². The van der Waals surface area contributed by atoms with Crippen LogP contribution in [0.15, 0.2) is 51.7 Å². The Kier molecular flexibility index (Phi) is 4.72. The lowest BCUT2D eigenvalue weighted by Gasteiger charge is -2.13. The summed E-state index contributed by atoms with van der Waals surface area (Å²) in [6.07, 6.45) is 0.649. The Morgan fingerprint density at radius 2 is 1.89 bits per heavy atom. The molecule has 0 aliphatic rings. The highest BCUT2D eigenvalue weighted by Crippen LogP contribution is 2.23. The number of carbonyl (C=O) groups is 1. The molecule has 4 aromatic rings. The van der Waals surface area contributed by atoms with Gasteiger partial charge in [-0.2, -0.15) is 0 Å². The number of aromatic nitrogens is 4. The zero-order valence-electron chi connectivity index (χ0n) is 15.4. The van der Waals surface area contributed by atoms with Crippen LogP contribution < -0.4 is 10.9 Å². The third kappa shape index (κ3) is 3.09. The second-order valence-electron chi connectivity index (χ2n) is 6.54. The van der Waals surface area contributed by atoms with Gasteiger partial charge in [0.15, 0.2) is 0 Å². The number of hydrogen-bond donors (Lipinski definition) is 1. The van der Waals surface area contributed by atoms with Gasteiger partial charge in [-0.05, 0) is 52.7 Å². The molecule has 2 aromatic carbocycles. The van der Waals surface area contributed by atoms with Crippen molar-refractivity contribution >= 4 is 44.2 Å². The summed E-state index contributed by atoms with van der Waals surface area (Å²) in [7, 11) is 0. The molecule has 7 nitrogen and oxygen atoms in total. The number of anilines is 1. The van der Waals surface area contributed by atoms with Crippen molar-refractivity contribution in [1.29, 1.82) is 0 Å². The van der Waals surface area contributed by atoms with Gasteiger partial charge in [0.25, 0.3) is 5.56 Å². The van der Waals surface area contributed by atoms with E-state index in [1.54, 1.807) is 4.40 Å². The Labute approximate surface area is 169 Å². The summed E-state index contributed by atoms with van der Waals surface area (Å²) in [6, 6.07) is 13.1. The molecule has 0 saturated carbocycles. The van der Waals surface area contributed by atoms with Crippen LogP contribution in [-0.2, 0) is 17.8 Å². The normalized spacial score (nSPS) is 11.2. The van der Waals surface area contributed by atoms with Crippen molar-refractivity contribution in [3.63, 3.8) is 0 Å². The molecule has 0 spiro atoms. The predicted octanol–water partition coefficient (Wildman–Crippen LogP) is 3.32. The van der Waals surface area contributed by atoms with Crippen LogP contribution in [0.3, 0.4) is 0 Å². The highest BCUT2D eigenvalue weighted by molar-refractivity contribution is 9.10. The van der Waals surface area contributed by atoms with Crippen LogP contribution in [0.25, 0.3) is 16.7 Å². The van der Waals surface area contributed by atoms with Gasteiger partial charge in [-0.25, -0.2) is 0 Å². The average Bonchev–Trinajstić information content (AvgIpc) is 3.12. The fourth-order valence-corrected chi connectivity index (χ4v) is 3.85. The number of nitrogens with one attached hydrogen (secondary N) is 1. The summed E-state index contributed by atoms with van der Waals surface area (Å²) in [5, 5.41) is 11.0. The molecule has 1 N–H and O–H groups in total. The third-order valence-corrected chi connectivity index (χ3v) is 5.25. The van der Waals surface area contributed by atoms with Crippen LogP contribution in [0.4, 0.5) is 5.69 Å². The van der Waals surface area contributed by atoms with Crippen LogP contribution in [0.5, 0.6) is 0 Å². The van der Waals surface area contributed by atoms with Gasteiger partial charge in [0.2, 0.25) is 11.6 Å². The quantitative estimate of drug-likeness (QED) is 0.528. The number of halogens is 1. The average molecular weight is 440 g/mol. The maximum absolute atomic E-state index is 13.0. The first kappa shape index (κ1) is 18.4. The largest absolute Gasteiger partial charge is 0.324 e. The first-order valence-corrected chi connectivity index (χ1v) is 9.70. The smallest absolute Gasteiger partial charge is 0.297 e. The fourth-order valence-electron chi connectivity index (χ4n) is 3.26. The number of rotatable bonds is 4. The van der Waals surface area contributed by atoms with E-state index in [0.717, 1.165) is 15.6 Å². The summed E-state index contributed by atoms with van der Waals surface area (Å²) in [6.45, 7) is 3.81. The van der Waals surface area contributed by atoms with Gasteiger partial charge < -0.3 is 5.32 Å². The third-order valence-electron chi connectivity index (χ3n) is 4.60. The minimum Gasteiger partial charge on any atom is -0.324 e. The Morgan fingerprint density at radius 3 is 2.61 bits per heavy atom. The fraction of sp³-hybridized carbons (Fsp3) is 0.200. The Bertz CT molecular complexity index is 1280. The Hall–Kier alpha value is -3.00. The summed E-state index contributed by atoms with van der Waals surface area (Å²) in [5.41, 5.74) is 3.07. The standard InChI is InChI=1S/C20H18BrN5O2/c1-3-17-23-24-19-20(28)25(15-6-4-5-7-16(15)26(17)19)11-18(27)22-14-9-8-12(2)10-13(14)21/h4-10H,3,11H2,1-2H3,(H,22,27). The molecule has 0 saturated heterocycles. The minimum absolute atomic E-state index is 0.121. The zero-order valence-corrected chi connectivity index (χ0v) is 17.0. The summed E-state index contributed by atoms with van der Waals surface area (Å²) in [5.74, 6) is 0.417. The lowest BCUT2D eigenvalue weighted by molar-refractivity contribution is -0.116. The molecule has 0 bridgehead atoms. The number of carbonyl (C=O) groups excluding carboxylic acids is 1. The van der Waals surface area contributed by atoms with E-state index in [0.29, 0.717) is 23.4 Å². The van der Waals surface area contributed by atoms with Gasteiger partial charge in [0, 0.05) is 10.9 Å². The molecule has 0 atom stereocenters. The lowest BCUT2D eigenvalue weighted by Crippen LogP contribution is -2.29. The van der Waals surface area contributed by atoms with Crippen molar-refractivity contribution in [2.45, 2.75) is 26.8 Å². The number of amides is 1. The number of benzene rings is 2. The highest BCUT2D eigenvalue weighted by atomic mass is 79.9. The molecule has 0 aliphatic carbocycles. The number of aryl methyl sites for hydroxylation is 2. The van der Waals surface area contributed by atoms with Crippen LogP contribution in [0, 0.1) is 6.92 Å². The summed E-state index contributed by atoms with van der Waals surface area (Å²) >= 11 is 3.45. The molecule has 142 valence electrons. The van der Waals surface area contributed by atoms with Crippen molar-refractivity contribution in [1.82, 2.24) is 19.2 Å². The van der Waals surface area contributed by atoms with Crippen LogP contribution in [0.1, 0.15) is 18.3 Å². The highest BCUT2D eigenvalue weighted by Gasteiger charge is 2.17. The first-order valence-electron chi connectivity index (χ1n) is 8.91. The van der Waals surface area contributed by atoms with E-state index in [2.05, 4.69) is 31.4 Å². The minimum atomic E-state index is -0.343. The molecule has 2 heterocycles. The van der Waals surface area contributed by atoms with Crippen molar-refractivity contribution in [3.8, 4) is 0 Å². The second-order valence-corrected chi connectivity index (χ2v) is 7.39. The van der Waals surface area contributed by atoms with E-state index in [9.17, 15) is 9.59 Å². The maximum atomic E-state index is 13.0. The summed E-state index contributed by atoms with van der Waals surface area (Å²) < 4.78 is 4.00. The van der Waals surface area contributed by atoms with E-state index < -0.39 is 0 Å². The van der Waals surface area contributed by atoms with Crippen LogP contribution in [-0.4, -0.2) is 25.1 Å². The van der Waals surface area contributed by atoms with Gasteiger partial charge in [-0.1, -0.05) is 25.1 Å². The van der Waals surface area contributed by atoms with E-state index in [1.807, 2.05) is 56.3 Å². The lowest BCUT2D eigenvalue weighted by atomic mass is 10.2. The number of nitrogens with zero attached hydrogens (tertiary/aromatic N) is 4. The number of fused-ring (bicyclic) bond motifs is 3. The molecule has 28 heavy (non-hydrogen) atoms. The second kappa shape index (κ2) is 7.20. The summed E-state index contributed by atoms with van der Waals surface area (Å²) in [4.78, 5) is 25.7. The molecule has 0 radical (unpaired) electrons. The predicted molar refractivity (Wildman–Crippen MR) is 112 cm³/mol. The number of para-hydroxylation sites is 2. The maximum Gasteiger partial charge on any atom is 0.297 e. The monoisotopic (exact) mass is 439 g/mol. The molecule has 4 rings (SSSR count). The van der Waals surface area contributed by atoms with E-state index >= 15 is 0 Å². The molecule has 2 aromatic heterocycles. The molecule has 8 heteroatoms. The van der Waals surface area contributed by atoms with E-state index in [4.69, 9.17) is 0 Å².